The summed E-state index contributed by atoms with van der Waals surface area (Å²) in [5, 5.41) is 27.7. The van der Waals surface area contributed by atoms with E-state index in [1.54, 1.807) is 30.3 Å². The summed E-state index contributed by atoms with van der Waals surface area (Å²) < 4.78 is 5.73. The van der Waals surface area contributed by atoms with Crippen LogP contribution in [0.2, 0.25) is 0 Å². The van der Waals surface area contributed by atoms with E-state index in [-0.39, 0.29) is 47.6 Å². The second-order valence-corrected chi connectivity index (χ2v) is 6.56. The normalized spacial score (nSPS) is 15.6. The van der Waals surface area contributed by atoms with Gasteiger partial charge in [-0.1, -0.05) is 18.2 Å². The van der Waals surface area contributed by atoms with Crippen LogP contribution in [-0.4, -0.2) is 46.0 Å². The first-order chi connectivity index (χ1) is 14.4. The molecule has 0 bridgehead atoms. The third-order valence-electron chi connectivity index (χ3n) is 4.70. The van der Waals surface area contributed by atoms with E-state index in [9.17, 15) is 24.8 Å². The summed E-state index contributed by atoms with van der Waals surface area (Å²) in [6, 6.07) is 11.3. The Balaban J connectivity index is 2.03. The van der Waals surface area contributed by atoms with Crippen LogP contribution in [0.3, 0.4) is 0 Å². The van der Waals surface area contributed by atoms with Crippen molar-refractivity contribution in [3.8, 4) is 17.4 Å². The maximum Gasteiger partial charge on any atom is 0.336 e. The summed E-state index contributed by atoms with van der Waals surface area (Å²) in [7, 11) is 0. The van der Waals surface area contributed by atoms with Crippen molar-refractivity contribution < 1.29 is 29.0 Å². The van der Waals surface area contributed by atoms with Crippen molar-refractivity contribution in [3.05, 3.63) is 64.4 Å². The Labute approximate surface area is 172 Å². The van der Waals surface area contributed by atoms with E-state index in [0.29, 0.717) is 11.3 Å². The van der Waals surface area contributed by atoms with Crippen LogP contribution in [-0.2, 0) is 9.59 Å². The number of carboxylic acid groups (broad SMARTS) is 1. The van der Waals surface area contributed by atoms with Gasteiger partial charge < -0.3 is 14.6 Å². The molecule has 152 valence electrons. The number of imide groups is 1. The number of furan rings is 1. The number of benzene rings is 1. The van der Waals surface area contributed by atoms with Crippen LogP contribution in [0.15, 0.2) is 57.5 Å². The fourth-order valence-corrected chi connectivity index (χ4v) is 3.16. The standard InChI is InChI=1S/C22H18N2O6/c1-13-17(20(26)24(9-4-10-25)21(27)18(13)12-23)11-14-7-8-19(30-14)15-5-2-3-6-16(15)22(28)29/h2-3,5-8,11,25H,4,9-10H2,1H3,(H,28,29)/b17-11+. The summed E-state index contributed by atoms with van der Waals surface area (Å²) in [5.41, 5.74) is 0.660. The van der Waals surface area contributed by atoms with E-state index in [1.165, 1.54) is 19.1 Å². The average molecular weight is 406 g/mol. The second-order valence-electron chi connectivity index (χ2n) is 6.56. The smallest absolute Gasteiger partial charge is 0.336 e. The maximum absolute atomic E-state index is 12.8. The molecule has 8 nitrogen and oxygen atoms in total. The van der Waals surface area contributed by atoms with E-state index >= 15 is 0 Å². The summed E-state index contributed by atoms with van der Waals surface area (Å²) in [6.45, 7) is 1.29. The monoisotopic (exact) mass is 406 g/mol. The molecule has 3 rings (SSSR count). The zero-order chi connectivity index (χ0) is 21.8. The summed E-state index contributed by atoms with van der Waals surface area (Å²) in [5.74, 6) is -1.81. The topological polar surface area (TPSA) is 132 Å². The van der Waals surface area contributed by atoms with Gasteiger partial charge >= 0.3 is 5.97 Å². The van der Waals surface area contributed by atoms with E-state index in [4.69, 9.17) is 9.52 Å². The highest BCUT2D eigenvalue weighted by Gasteiger charge is 2.35. The number of rotatable bonds is 6. The van der Waals surface area contributed by atoms with Crippen LogP contribution in [0, 0.1) is 11.3 Å². The molecule has 2 heterocycles. The number of carbonyl (C=O) groups excluding carboxylic acids is 2. The number of aliphatic hydroxyl groups is 1. The molecule has 0 fully saturated rings. The number of carboxylic acids is 1. The second kappa shape index (κ2) is 8.59. The number of aliphatic hydroxyl groups excluding tert-OH is 1. The zero-order valence-corrected chi connectivity index (χ0v) is 16.1. The van der Waals surface area contributed by atoms with Gasteiger partial charge in [0, 0.05) is 24.3 Å². The van der Waals surface area contributed by atoms with Crippen molar-refractivity contribution in [2.75, 3.05) is 13.2 Å². The first kappa shape index (κ1) is 20.8. The highest BCUT2D eigenvalue weighted by atomic mass is 16.4. The molecule has 0 atom stereocenters. The minimum atomic E-state index is -1.10. The molecule has 2 N–H and O–H groups in total. The van der Waals surface area contributed by atoms with E-state index in [2.05, 4.69) is 0 Å². The largest absolute Gasteiger partial charge is 0.478 e. The van der Waals surface area contributed by atoms with E-state index in [0.717, 1.165) is 4.90 Å². The number of aromatic carboxylic acids is 1. The molecule has 1 aliphatic rings. The van der Waals surface area contributed by atoms with Crippen LogP contribution >= 0.6 is 0 Å². The quantitative estimate of drug-likeness (QED) is 0.557. The summed E-state index contributed by atoms with van der Waals surface area (Å²) in [4.78, 5) is 37.6. The van der Waals surface area contributed by atoms with Gasteiger partial charge in [-0.25, -0.2) is 4.79 Å². The van der Waals surface area contributed by atoms with Gasteiger partial charge in [-0.3, -0.25) is 14.5 Å². The van der Waals surface area contributed by atoms with Crippen molar-refractivity contribution in [1.29, 1.82) is 5.26 Å². The molecule has 0 unspecified atom stereocenters. The van der Waals surface area contributed by atoms with Gasteiger partial charge in [0.15, 0.2) is 0 Å². The van der Waals surface area contributed by atoms with Gasteiger partial charge in [-0.2, -0.15) is 5.26 Å². The van der Waals surface area contributed by atoms with E-state index < -0.39 is 17.8 Å². The molecule has 0 saturated heterocycles. The number of hydrogen-bond acceptors (Lipinski definition) is 6. The van der Waals surface area contributed by atoms with Crippen molar-refractivity contribution >= 4 is 23.9 Å². The van der Waals surface area contributed by atoms with Crippen LogP contribution in [0.25, 0.3) is 17.4 Å². The predicted octanol–water partition coefficient (Wildman–Crippen LogP) is 2.62. The predicted molar refractivity (Wildman–Crippen MR) is 106 cm³/mol. The molecule has 1 aromatic heterocycles. The van der Waals surface area contributed by atoms with Gasteiger partial charge in [0.2, 0.25) is 0 Å². The molecule has 0 spiro atoms. The number of amides is 2. The van der Waals surface area contributed by atoms with E-state index in [1.807, 2.05) is 6.07 Å². The fraction of sp³-hybridized carbons (Fsp3) is 0.182. The van der Waals surface area contributed by atoms with Crippen LogP contribution < -0.4 is 0 Å². The Morgan fingerprint density at radius 3 is 2.60 bits per heavy atom. The Kier molecular flexibility index (Phi) is 5.95. The van der Waals surface area contributed by atoms with Crippen molar-refractivity contribution in [1.82, 2.24) is 4.90 Å². The first-order valence-corrected chi connectivity index (χ1v) is 9.11. The fourth-order valence-electron chi connectivity index (χ4n) is 3.16. The zero-order valence-electron chi connectivity index (χ0n) is 16.1. The van der Waals surface area contributed by atoms with Crippen molar-refractivity contribution in [2.45, 2.75) is 13.3 Å². The van der Waals surface area contributed by atoms with Crippen LogP contribution in [0.1, 0.15) is 29.5 Å². The lowest BCUT2D eigenvalue weighted by molar-refractivity contribution is -0.140. The van der Waals surface area contributed by atoms with Gasteiger partial charge in [0.25, 0.3) is 11.8 Å². The Morgan fingerprint density at radius 1 is 1.20 bits per heavy atom. The van der Waals surface area contributed by atoms with Crippen molar-refractivity contribution in [3.63, 3.8) is 0 Å². The Morgan fingerprint density at radius 2 is 1.93 bits per heavy atom. The third kappa shape index (κ3) is 3.79. The molecular formula is C22H18N2O6. The number of carbonyl (C=O) groups is 3. The van der Waals surface area contributed by atoms with Crippen LogP contribution in [0.5, 0.6) is 0 Å². The lowest BCUT2D eigenvalue weighted by Crippen LogP contribution is -2.43. The molecule has 1 aliphatic heterocycles. The highest BCUT2D eigenvalue weighted by Crippen LogP contribution is 2.30. The van der Waals surface area contributed by atoms with Gasteiger partial charge in [-0.15, -0.1) is 0 Å². The average Bonchev–Trinajstić information content (AvgIpc) is 3.20. The molecule has 30 heavy (non-hydrogen) atoms. The highest BCUT2D eigenvalue weighted by molar-refractivity contribution is 6.19. The Bertz CT molecular complexity index is 1130. The first-order valence-electron chi connectivity index (χ1n) is 9.11. The summed E-state index contributed by atoms with van der Waals surface area (Å²) >= 11 is 0. The maximum atomic E-state index is 12.8. The minimum absolute atomic E-state index is 0.0145. The molecule has 1 aromatic carbocycles. The summed E-state index contributed by atoms with van der Waals surface area (Å²) in [6.07, 6.45) is 1.61. The van der Waals surface area contributed by atoms with Crippen LogP contribution in [0.4, 0.5) is 0 Å². The minimum Gasteiger partial charge on any atom is -0.478 e. The third-order valence-corrected chi connectivity index (χ3v) is 4.70. The molecule has 2 aromatic rings. The number of nitrogens with zero attached hydrogens (tertiary/aromatic N) is 2. The SMILES string of the molecule is CC1=C(C#N)C(=O)N(CCCO)C(=O)/C1=C/c1ccc(-c2ccccc2C(=O)O)o1. The molecular weight excluding hydrogens is 388 g/mol. The lowest BCUT2D eigenvalue weighted by atomic mass is 9.94. The molecule has 0 saturated carbocycles. The molecule has 0 aliphatic carbocycles. The number of nitriles is 1. The number of hydrogen-bond donors (Lipinski definition) is 2. The van der Waals surface area contributed by atoms with Crippen molar-refractivity contribution in [2.24, 2.45) is 0 Å². The van der Waals surface area contributed by atoms with Gasteiger partial charge in [-0.05, 0) is 43.2 Å². The lowest BCUT2D eigenvalue weighted by Gasteiger charge is -2.27. The van der Waals surface area contributed by atoms with Gasteiger partial charge in [0.1, 0.15) is 23.2 Å². The molecule has 2 amide bonds. The molecule has 0 radical (unpaired) electrons. The van der Waals surface area contributed by atoms with Gasteiger partial charge in [0.05, 0.1) is 5.56 Å². The molecule has 8 heteroatoms. The Hall–Kier alpha value is -3.96.